The van der Waals surface area contributed by atoms with Crippen molar-refractivity contribution in [3.8, 4) is 16.9 Å². The van der Waals surface area contributed by atoms with E-state index in [0.717, 1.165) is 21.9 Å². The molecule has 0 atom stereocenters. The lowest BCUT2D eigenvalue weighted by atomic mass is 9.99. The molecule has 0 bridgehead atoms. The van der Waals surface area contributed by atoms with Gasteiger partial charge in [-0.25, -0.2) is 4.79 Å². The Morgan fingerprint density at radius 3 is 2.33 bits per heavy atom. The molecule has 0 aliphatic rings. The highest BCUT2D eigenvalue weighted by Crippen LogP contribution is 2.34. The standard InChI is InChI=1S/C17H11IO3/c18-15-13-7-6-11(10-4-2-1-3-5-10)8-12(13)9-14(16(15)19)17(20)21/h1-9,19H,(H,20,21). The number of halogens is 1. The Morgan fingerprint density at radius 1 is 0.952 bits per heavy atom. The van der Waals surface area contributed by atoms with Crippen LogP contribution >= 0.6 is 22.6 Å². The van der Waals surface area contributed by atoms with Crippen LogP contribution in [0.25, 0.3) is 21.9 Å². The minimum atomic E-state index is -1.13. The van der Waals surface area contributed by atoms with Gasteiger partial charge < -0.3 is 10.2 Å². The highest BCUT2D eigenvalue weighted by molar-refractivity contribution is 14.1. The summed E-state index contributed by atoms with van der Waals surface area (Å²) in [5.41, 5.74) is 2.01. The van der Waals surface area contributed by atoms with E-state index in [4.69, 9.17) is 0 Å². The molecule has 3 aromatic rings. The van der Waals surface area contributed by atoms with Crippen molar-refractivity contribution < 1.29 is 15.0 Å². The van der Waals surface area contributed by atoms with E-state index in [1.807, 2.05) is 71.1 Å². The Labute approximate surface area is 135 Å². The van der Waals surface area contributed by atoms with E-state index in [-0.39, 0.29) is 11.3 Å². The van der Waals surface area contributed by atoms with Crippen LogP contribution in [0.3, 0.4) is 0 Å². The number of benzene rings is 3. The topological polar surface area (TPSA) is 57.5 Å². The van der Waals surface area contributed by atoms with Gasteiger partial charge in [0.25, 0.3) is 0 Å². The number of fused-ring (bicyclic) bond motifs is 1. The highest BCUT2D eigenvalue weighted by Gasteiger charge is 2.16. The van der Waals surface area contributed by atoms with E-state index in [1.54, 1.807) is 0 Å². The summed E-state index contributed by atoms with van der Waals surface area (Å²) in [6.45, 7) is 0. The average molecular weight is 390 g/mol. The molecule has 104 valence electrons. The Bertz CT molecular complexity index is 842. The van der Waals surface area contributed by atoms with Crippen LogP contribution in [0.15, 0.2) is 54.6 Å². The van der Waals surface area contributed by atoms with E-state index >= 15 is 0 Å². The summed E-state index contributed by atoms with van der Waals surface area (Å²) in [7, 11) is 0. The number of aromatic carboxylic acids is 1. The second-order valence-corrected chi connectivity index (χ2v) is 5.77. The molecule has 0 fully saturated rings. The zero-order valence-corrected chi connectivity index (χ0v) is 13.0. The summed E-state index contributed by atoms with van der Waals surface area (Å²) < 4.78 is 0.558. The maximum absolute atomic E-state index is 11.2. The van der Waals surface area contributed by atoms with Gasteiger partial charge in [-0.05, 0) is 56.6 Å². The van der Waals surface area contributed by atoms with Crippen LogP contribution in [0.2, 0.25) is 0 Å². The number of hydrogen-bond donors (Lipinski definition) is 2. The van der Waals surface area contributed by atoms with Crippen LogP contribution in [0.1, 0.15) is 10.4 Å². The van der Waals surface area contributed by atoms with Gasteiger partial charge in [0.2, 0.25) is 0 Å². The molecule has 3 aromatic carbocycles. The molecule has 0 aliphatic carbocycles. The fraction of sp³-hybridized carbons (Fsp3) is 0. The zero-order chi connectivity index (χ0) is 15.0. The summed E-state index contributed by atoms with van der Waals surface area (Å²) in [4.78, 5) is 11.2. The predicted molar refractivity (Wildman–Crippen MR) is 90.7 cm³/mol. The molecule has 3 nitrogen and oxygen atoms in total. The quantitative estimate of drug-likeness (QED) is 0.633. The predicted octanol–water partition coefficient (Wildman–Crippen LogP) is 4.52. The van der Waals surface area contributed by atoms with Gasteiger partial charge in [-0.3, -0.25) is 0 Å². The number of phenols is 1. The molecule has 0 saturated carbocycles. The van der Waals surface area contributed by atoms with Crippen molar-refractivity contribution in [3.05, 3.63) is 63.7 Å². The number of hydrogen-bond acceptors (Lipinski definition) is 2. The molecular weight excluding hydrogens is 379 g/mol. The van der Waals surface area contributed by atoms with Gasteiger partial charge in [-0.2, -0.15) is 0 Å². The van der Waals surface area contributed by atoms with E-state index in [9.17, 15) is 15.0 Å². The summed E-state index contributed by atoms with van der Waals surface area (Å²) in [5.74, 6) is -1.31. The van der Waals surface area contributed by atoms with Gasteiger partial charge in [0, 0.05) is 0 Å². The van der Waals surface area contributed by atoms with Gasteiger partial charge in [0.05, 0.1) is 3.57 Å². The van der Waals surface area contributed by atoms with Crippen molar-refractivity contribution in [2.75, 3.05) is 0 Å². The van der Waals surface area contributed by atoms with Crippen LogP contribution in [0.4, 0.5) is 0 Å². The third-order valence-corrected chi connectivity index (χ3v) is 4.48. The lowest BCUT2D eigenvalue weighted by molar-refractivity contribution is 0.0694. The number of carbonyl (C=O) groups is 1. The van der Waals surface area contributed by atoms with Gasteiger partial charge in [0.15, 0.2) is 0 Å². The molecule has 0 radical (unpaired) electrons. The molecule has 0 spiro atoms. The second-order valence-electron chi connectivity index (χ2n) is 4.69. The number of carboxylic acid groups (broad SMARTS) is 1. The maximum atomic E-state index is 11.2. The molecule has 4 heteroatoms. The van der Waals surface area contributed by atoms with Crippen molar-refractivity contribution in [2.45, 2.75) is 0 Å². The largest absolute Gasteiger partial charge is 0.506 e. The Morgan fingerprint density at radius 2 is 1.67 bits per heavy atom. The molecule has 21 heavy (non-hydrogen) atoms. The van der Waals surface area contributed by atoms with Crippen LogP contribution in [0, 0.1) is 3.57 Å². The lowest BCUT2D eigenvalue weighted by Gasteiger charge is -2.09. The molecule has 0 amide bonds. The molecule has 0 saturated heterocycles. The third-order valence-electron chi connectivity index (χ3n) is 3.39. The molecule has 0 heterocycles. The van der Waals surface area contributed by atoms with Gasteiger partial charge in [0.1, 0.15) is 11.3 Å². The zero-order valence-electron chi connectivity index (χ0n) is 10.9. The van der Waals surface area contributed by atoms with Crippen molar-refractivity contribution in [1.29, 1.82) is 0 Å². The highest BCUT2D eigenvalue weighted by atomic mass is 127. The third kappa shape index (κ3) is 2.47. The van der Waals surface area contributed by atoms with Gasteiger partial charge in [-0.15, -0.1) is 0 Å². The second kappa shape index (κ2) is 5.37. The fourth-order valence-corrected chi connectivity index (χ4v) is 3.11. The molecule has 2 N–H and O–H groups in total. The van der Waals surface area contributed by atoms with Crippen molar-refractivity contribution in [3.63, 3.8) is 0 Å². The smallest absolute Gasteiger partial charge is 0.339 e. The normalized spacial score (nSPS) is 10.7. The minimum Gasteiger partial charge on any atom is -0.506 e. The van der Waals surface area contributed by atoms with Crippen LogP contribution in [-0.4, -0.2) is 16.2 Å². The van der Waals surface area contributed by atoms with Crippen LogP contribution in [-0.2, 0) is 0 Å². The summed E-state index contributed by atoms with van der Waals surface area (Å²) in [5, 5.41) is 20.8. The average Bonchev–Trinajstić information content (AvgIpc) is 2.51. The van der Waals surface area contributed by atoms with Crippen molar-refractivity contribution in [1.82, 2.24) is 0 Å². The molecule has 0 unspecified atom stereocenters. The van der Waals surface area contributed by atoms with E-state index in [0.29, 0.717) is 3.57 Å². The monoisotopic (exact) mass is 390 g/mol. The Hall–Kier alpha value is -2.08. The van der Waals surface area contributed by atoms with Crippen molar-refractivity contribution in [2.24, 2.45) is 0 Å². The summed E-state index contributed by atoms with van der Waals surface area (Å²) >= 11 is 1.97. The first-order valence-corrected chi connectivity index (χ1v) is 7.40. The Balaban J connectivity index is 2.27. The first-order valence-electron chi connectivity index (χ1n) is 6.32. The summed E-state index contributed by atoms with van der Waals surface area (Å²) in [6.07, 6.45) is 0. The summed E-state index contributed by atoms with van der Waals surface area (Å²) in [6, 6.07) is 17.2. The lowest BCUT2D eigenvalue weighted by Crippen LogP contribution is -1.98. The molecular formula is C17H11IO3. The van der Waals surface area contributed by atoms with Crippen LogP contribution < -0.4 is 0 Å². The molecule has 0 aliphatic heterocycles. The molecule has 3 rings (SSSR count). The number of aromatic hydroxyl groups is 1. The van der Waals surface area contributed by atoms with E-state index in [2.05, 4.69) is 0 Å². The van der Waals surface area contributed by atoms with Crippen LogP contribution in [0.5, 0.6) is 5.75 Å². The number of carboxylic acids is 1. The van der Waals surface area contributed by atoms with E-state index in [1.165, 1.54) is 6.07 Å². The van der Waals surface area contributed by atoms with Gasteiger partial charge in [-0.1, -0.05) is 42.5 Å². The first kappa shape index (κ1) is 13.9. The number of rotatable bonds is 2. The Kier molecular flexibility index (Phi) is 3.55. The SMILES string of the molecule is O=C(O)c1cc2cc(-c3ccccc3)ccc2c(I)c1O. The fourth-order valence-electron chi connectivity index (χ4n) is 2.32. The maximum Gasteiger partial charge on any atom is 0.339 e. The van der Waals surface area contributed by atoms with E-state index < -0.39 is 5.97 Å². The molecule has 0 aromatic heterocycles. The van der Waals surface area contributed by atoms with Crippen molar-refractivity contribution >= 4 is 39.3 Å². The van der Waals surface area contributed by atoms with Gasteiger partial charge >= 0.3 is 5.97 Å². The first-order chi connectivity index (χ1) is 10.1. The minimum absolute atomic E-state index is 0.0721.